The highest BCUT2D eigenvalue weighted by atomic mass is 19.4. The van der Waals surface area contributed by atoms with Gasteiger partial charge in [0, 0.05) is 37.2 Å². The van der Waals surface area contributed by atoms with Crippen molar-refractivity contribution < 1.29 is 53.8 Å². The van der Waals surface area contributed by atoms with Crippen molar-refractivity contribution in [3.8, 4) is 5.75 Å². The molecule has 3 aromatic rings. The van der Waals surface area contributed by atoms with Crippen molar-refractivity contribution in [1.82, 2.24) is 24.7 Å². The maximum atomic E-state index is 13.8. The van der Waals surface area contributed by atoms with Crippen LogP contribution in [0.25, 0.3) is 0 Å². The van der Waals surface area contributed by atoms with Gasteiger partial charge in [0.05, 0.1) is 36.5 Å². The lowest BCUT2D eigenvalue weighted by Crippen LogP contribution is -2.51. The van der Waals surface area contributed by atoms with E-state index in [9.17, 15) is 49.1 Å². The van der Waals surface area contributed by atoms with Gasteiger partial charge >= 0.3 is 18.5 Å². The number of carbonyl (C=O) groups excluding carboxylic acids is 1. The summed E-state index contributed by atoms with van der Waals surface area (Å²) in [5.41, 5.74) is -4.58. The van der Waals surface area contributed by atoms with Crippen LogP contribution in [0.1, 0.15) is 30.0 Å². The van der Waals surface area contributed by atoms with E-state index in [0.717, 1.165) is 0 Å². The Kier molecular flexibility index (Phi) is 10.7. The maximum Gasteiger partial charge on any atom is 0.423 e. The third kappa shape index (κ3) is 9.01. The fourth-order valence-electron chi connectivity index (χ4n) is 4.46. The molecule has 1 saturated heterocycles. The van der Waals surface area contributed by atoms with Crippen LogP contribution in [-0.2, 0) is 28.6 Å². The molecule has 0 bridgehead atoms. The highest BCUT2D eigenvalue weighted by Gasteiger charge is 2.39. The van der Waals surface area contributed by atoms with Crippen molar-refractivity contribution in [1.29, 1.82) is 0 Å². The number of rotatable bonds is 11. The summed E-state index contributed by atoms with van der Waals surface area (Å²) in [4.78, 5) is 39.9. The van der Waals surface area contributed by atoms with Crippen LogP contribution in [0.5, 0.6) is 5.75 Å². The molecule has 1 atom stereocenters. The molecule has 12 nitrogen and oxygen atoms in total. The van der Waals surface area contributed by atoms with E-state index >= 15 is 0 Å². The second-order valence-corrected chi connectivity index (χ2v) is 10.5. The van der Waals surface area contributed by atoms with E-state index in [2.05, 4.69) is 30.1 Å². The first kappa shape index (κ1) is 36.2. The Bertz CT molecular complexity index is 1650. The summed E-state index contributed by atoms with van der Waals surface area (Å²) in [5.74, 6) is -0.0683. The molecule has 4 rings (SSSR count). The van der Waals surface area contributed by atoms with Gasteiger partial charge in [-0.15, -0.1) is 0 Å². The summed E-state index contributed by atoms with van der Waals surface area (Å²) < 4.78 is 128. The molecule has 1 amide bonds. The average Bonchev–Trinajstić information content (AvgIpc) is 2.98. The lowest BCUT2D eigenvalue weighted by molar-refractivity contribution is -0.148. The zero-order chi connectivity index (χ0) is 35.4. The molecule has 1 N–H and O–H groups in total. The quantitative estimate of drug-likeness (QED) is 0.227. The van der Waals surface area contributed by atoms with Gasteiger partial charge in [-0.25, -0.2) is 19.6 Å². The first-order chi connectivity index (χ1) is 22.3. The molecule has 3 aromatic heterocycles. The predicted octanol–water partition coefficient (Wildman–Crippen LogP) is 4.43. The Morgan fingerprint density at radius 2 is 1.65 bits per heavy atom. The molecule has 48 heavy (non-hydrogen) atoms. The number of aromatic nitrogens is 5. The minimum absolute atomic E-state index is 0.0604. The molecule has 1 unspecified atom stereocenters. The van der Waals surface area contributed by atoms with Crippen LogP contribution in [-0.4, -0.2) is 75.7 Å². The van der Waals surface area contributed by atoms with E-state index in [0.29, 0.717) is 24.2 Å². The number of ether oxygens (including phenoxy) is 2. The van der Waals surface area contributed by atoms with Gasteiger partial charge in [-0.05, 0) is 19.9 Å². The largest absolute Gasteiger partial charge is 0.491 e. The van der Waals surface area contributed by atoms with Gasteiger partial charge in [-0.1, -0.05) is 0 Å². The summed E-state index contributed by atoms with van der Waals surface area (Å²) >= 11 is 0. The lowest BCUT2D eigenvalue weighted by atomic mass is 10.2. The standard InChI is InChI=1S/C27H27F9N8O4/c1-15(41-18-11-40-44(14-47-8-4-25(28,29)30)23(46)21(18)27(34,35)36)13-48-19-3-5-37-22(16(19)2)43-7-6-42(12-20(43)45)24-38-9-17(10-39-24)26(31,32)33/h3,5,9-11,15,41H,4,6-8,12-14H2,1-2H3. The number of carbonyl (C=O) groups is 1. The summed E-state index contributed by atoms with van der Waals surface area (Å²) in [6.45, 7) is 0.978. The van der Waals surface area contributed by atoms with Gasteiger partial charge in [0.1, 0.15) is 37.0 Å². The molecule has 0 aliphatic carbocycles. The van der Waals surface area contributed by atoms with E-state index in [1.165, 1.54) is 29.0 Å². The monoisotopic (exact) mass is 698 g/mol. The molecule has 0 radical (unpaired) electrons. The first-order valence-electron chi connectivity index (χ1n) is 14.0. The molecular weight excluding hydrogens is 671 g/mol. The SMILES string of the molecule is Cc1c(OCC(C)Nc2cnn(COCCC(F)(F)F)c(=O)c2C(F)(F)F)ccnc1N1CCN(c2ncc(C(F)(F)F)cn2)CC1=O. The van der Waals surface area contributed by atoms with Crippen LogP contribution in [0.15, 0.2) is 35.6 Å². The fraction of sp³-hybridized carbons (Fsp3) is 0.481. The van der Waals surface area contributed by atoms with Crippen molar-refractivity contribution in [2.45, 2.75) is 51.6 Å². The molecule has 0 spiro atoms. The van der Waals surface area contributed by atoms with Gasteiger partial charge in [0.25, 0.3) is 5.56 Å². The minimum Gasteiger partial charge on any atom is -0.491 e. The zero-order valence-electron chi connectivity index (χ0n) is 25.1. The highest BCUT2D eigenvalue weighted by molar-refractivity contribution is 5.97. The van der Waals surface area contributed by atoms with Crippen molar-refractivity contribution in [3.63, 3.8) is 0 Å². The number of anilines is 3. The number of hydrogen-bond donors (Lipinski definition) is 1. The number of pyridine rings is 1. The van der Waals surface area contributed by atoms with Crippen molar-refractivity contribution in [3.05, 3.63) is 57.9 Å². The van der Waals surface area contributed by atoms with Gasteiger partial charge in [-0.2, -0.15) is 44.6 Å². The average molecular weight is 699 g/mol. The number of alkyl halides is 9. The topological polar surface area (TPSA) is 128 Å². The summed E-state index contributed by atoms with van der Waals surface area (Å²) in [6, 6.07) is 0.612. The Morgan fingerprint density at radius 3 is 2.25 bits per heavy atom. The number of piperazine rings is 1. The third-order valence-electron chi connectivity index (χ3n) is 6.81. The van der Waals surface area contributed by atoms with Crippen molar-refractivity contribution in [2.24, 2.45) is 0 Å². The van der Waals surface area contributed by atoms with Crippen LogP contribution in [0.3, 0.4) is 0 Å². The fourth-order valence-corrected chi connectivity index (χ4v) is 4.46. The lowest BCUT2D eigenvalue weighted by Gasteiger charge is -2.34. The minimum atomic E-state index is -5.15. The summed E-state index contributed by atoms with van der Waals surface area (Å²) in [6.07, 6.45) is -12.4. The van der Waals surface area contributed by atoms with E-state index < -0.39 is 72.6 Å². The van der Waals surface area contributed by atoms with E-state index in [-0.39, 0.29) is 48.4 Å². The summed E-state index contributed by atoms with van der Waals surface area (Å²) in [5, 5.41) is 6.08. The van der Waals surface area contributed by atoms with Gasteiger partial charge in [0.2, 0.25) is 11.9 Å². The smallest absolute Gasteiger partial charge is 0.423 e. The van der Waals surface area contributed by atoms with E-state index in [1.807, 2.05) is 0 Å². The van der Waals surface area contributed by atoms with Crippen LogP contribution < -0.4 is 25.4 Å². The second kappa shape index (κ2) is 14.2. The third-order valence-corrected chi connectivity index (χ3v) is 6.81. The van der Waals surface area contributed by atoms with Crippen LogP contribution >= 0.6 is 0 Å². The number of nitrogens with zero attached hydrogens (tertiary/aromatic N) is 7. The molecule has 21 heteroatoms. The molecule has 1 aliphatic rings. The van der Waals surface area contributed by atoms with Gasteiger partial charge in [-0.3, -0.25) is 14.5 Å². The summed E-state index contributed by atoms with van der Waals surface area (Å²) in [7, 11) is 0. The number of halogens is 9. The van der Waals surface area contributed by atoms with E-state index in [1.54, 1.807) is 6.92 Å². The van der Waals surface area contributed by atoms with Crippen LogP contribution in [0, 0.1) is 6.92 Å². The predicted molar refractivity (Wildman–Crippen MR) is 149 cm³/mol. The first-order valence-corrected chi connectivity index (χ1v) is 14.0. The van der Waals surface area contributed by atoms with Crippen molar-refractivity contribution in [2.75, 3.05) is 48.0 Å². The normalized spacial score (nSPS) is 15.1. The molecule has 262 valence electrons. The molecule has 1 fully saturated rings. The second-order valence-electron chi connectivity index (χ2n) is 10.5. The molecule has 0 saturated carbocycles. The van der Waals surface area contributed by atoms with Gasteiger partial charge < -0.3 is 19.7 Å². The Balaban J connectivity index is 1.39. The molecule has 0 aromatic carbocycles. The van der Waals surface area contributed by atoms with Crippen LogP contribution in [0.2, 0.25) is 0 Å². The van der Waals surface area contributed by atoms with Gasteiger partial charge in [0.15, 0.2) is 0 Å². The number of nitrogens with one attached hydrogen (secondary N) is 1. The molecule has 4 heterocycles. The van der Waals surface area contributed by atoms with Crippen molar-refractivity contribution >= 4 is 23.4 Å². The van der Waals surface area contributed by atoms with Crippen LogP contribution in [0.4, 0.5) is 57.0 Å². The highest BCUT2D eigenvalue weighted by Crippen LogP contribution is 2.33. The molecular formula is C27H27F9N8O4. The Labute approximate surface area is 265 Å². The number of hydrogen-bond acceptors (Lipinski definition) is 10. The zero-order valence-corrected chi connectivity index (χ0v) is 25.1. The molecule has 1 aliphatic heterocycles. The van der Waals surface area contributed by atoms with E-state index in [4.69, 9.17) is 4.74 Å². The maximum absolute atomic E-state index is 13.8. The Morgan fingerprint density at radius 1 is 0.958 bits per heavy atom. The Hall–Kier alpha value is -4.69. The number of amides is 1.